The maximum atomic E-state index is 13.2. The molecule has 36 heavy (non-hydrogen) atoms. The molecule has 0 spiro atoms. The number of ether oxygens (including phenoxy) is 2. The number of carbonyl (C=O) groups excluding carboxylic acids is 2. The van der Waals surface area contributed by atoms with Gasteiger partial charge in [-0.2, -0.15) is 10.1 Å². The van der Waals surface area contributed by atoms with Gasteiger partial charge in [0.1, 0.15) is 12.2 Å². The molecule has 2 aliphatic heterocycles. The number of esters is 2. The second-order valence-electron chi connectivity index (χ2n) is 8.99. The Balaban J connectivity index is 2.27. The van der Waals surface area contributed by atoms with Crippen molar-refractivity contribution in [1.82, 2.24) is 10.1 Å². The summed E-state index contributed by atoms with van der Waals surface area (Å²) in [6, 6.07) is 0. The third kappa shape index (κ3) is 8.67. The van der Waals surface area contributed by atoms with E-state index in [4.69, 9.17) is 46.5 Å². The first-order valence-corrected chi connectivity index (χ1v) is 11.3. The van der Waals surface area contributed by atoms with Crippen LogP contribution >= 0.6 is 0 Å². The molecular weight excluding hydrogens is 460 g/mol. The number of carbonyl (C=O) groups is 2. The van der Waals surface area contributed by atoms with E-state index in [1.807, 2.05) is 0 Å². The van der Waals surface area contributed by atoms with Crippen molar-refractivity contribution in [3.05, 3.63) is 0 Å². The zero-order chi connectivity index (χ0) is 50.5. The molecule has 2 heterocycles. The van der Waals surface area contributed by atoms with E-state index in [2.05, 4.69) is 0 Å². The first kappa shape index (κ1) is 10.1. The molecule has 0 radical (unpaired) electrons. The summed E-state index contributed by atoms with van der Waals surface area (Å²) in [4.78, 5) is 26.2. The van der Waals surface area contributed by atoms with E-state index in [0.717, 1.165) is 0 Å². The van der Waals surface area contributed by atoms with Gasteiger partial charge in [0.2, 0.25) is 0 Å². The Kier molecular flexibility index (Phi) is 3.38. The van der Waals surface area contributed by atoms with Crippen molar-refractivity contribution in [1.29, 1.82) is 0 Å². The summed E-state index contributed by atoms with van der Waals surface area (Å²) in [5, 5.41) is 20.5. The van der Waals surface area contributed by atoms with Gasteiger partial charge < -0.3 is 19.9 Å². The predicted molar refractivity (Wildman–Crippen MR) is 139 cm³/mol. The molecule has 8 heteroatoms. The normalized spacial score (nSPS) is 52.6. The van der Waals surface area contributed by atoms with Crippen molar-refractivity contribution in [2.24, 2.45) is 0 Å². The van der Waals surface area contributed by atoms with Crippen LogP contribution in [0.5, 0.6) is 0 Å². The van der Waals surface area contributed by atoms with Gasteiger partial charge in [0.25, 0.3) is 0 Å². The summed E-state index contributed by atoms with van der Waals surface area (Å²) < 4.78 is 232. The number of rotatable bonds is 11. The van der Waals surface area contributed by atoms with Crippen LogP contribution in [0.25, 0.3) is 0 Å². The molecule has 2 rings (SSSR count). The topological polar surface area (TPSA) is 99.5 Å². The molecule has 0 aromatic heterocycles. The summed E-state index contributed by atoms with van der Waals surface area (Å²) in [6.07, 6.45) is -26.0. The van der Waals surface area contributed by atoms with Gasteiger partial charge in [0.15, 0.2) is 0 Å². The Hall–Kier alpha value is -1.22. The lowest BCUT2D eigenvalue weighted by molar-refractivity contribution is -0.259. The predicted octanol–water partition coefficient (Wildman–Crippen LogP) is 6.02. The zero-order valence-corrected chi connectivity index (χ0v) is 20.2. The number of nitrogens with zero attached hydrogens (tertiary/aromatic N) is 2. The Morgan fingerprint density at radius 3 is 1.53 bits per heavy atom. The van der Waals surface area contributed by atoms with Gasteiger partial charge in [0, 0.05) is 94.8 Å². The smallest absolute Gasteiger partial charge is 0.306 e. The van der Waals surface area contributed by atoms with E-state index >= 15 is 0 Å². The van der Waals surface area contributed by atoms with Crippen LogP contribution in [0, 0.1) is 0 Å². The molecule has 2 saturated heterocycles. The molecule has 2 aliphatic rings. The van der Waals surface area contributed by atoms with Crippen LogP contribution in [0.3, 0.4) is 0 Å². The minimum Gasteiger partial charge on any atom is -0.462 e. The molecular formula is C28H52N2O6. The SMILES string of the molecule is [2H]C([2H])C1(C)N(O)C(C)(C([2H])([2H])[2H])C([2H])([2H])C([2H])(OC(=O)CCCCCCCCC(=O)OC2([2H])C([2H])([2H])C(C([2H])([2H])[2H])(C([2H])([2H])[2H])N(O)C(C([2H])([2H])[2H])(C([2H])([2H])[2H])C2([2H])[2H])C1([2H])[2H]. The van der Waals surface area contributed by atoms with E-state index < -0.39 is 131 Å². The van der Waals surface area contributed by atoms with Crippen molar-refractivity contribution in [3.8, 4) is 0 Å². The van der Waals surface area contributed by atoms with E-state index in [1.54, 1.807) is 0 Å². The van der Waals surface area contributed by atoms with Crippen LogP contribution < -0.4 is 0 Å². The maximum absolute atomic E-state index is 13.2. The minimum atomic E-state index is -4.74. The lowest BCUT2D eigenvalue weighted by atomic mass is 9.80. The number of hydrogen-bond acceptors (Lipinski definition) is 8. The van der Waals surface area contributed by atoms with E-state index in [1.165, 1.54) is 0 Å². The molecule has 0 bridgehead atoms. The fraction of sp³-hybridized carbons (Fsp3) is 0.929. The molecule has 8 nitrogen and oxygen atoms in total. The van der Waals surface area contributed by atoms with Gasteiger partial charge in [-0.1, -0.05) is 25.7 Å². The quantitative estimate of drug-likeness (QED) is 0.243. The summed E-state index contributed by atoms with van der Waals surface area (Å²) >= 11 is 0. The summed E-state index contributed by atoms with van der Waals surface area (Å²) in [5.74, 6) is -3.11. The Bertz CT molecular complexity index is 1610. The van der Waals surface area contributed by atoms with Crippen LogP contribution in [0.15, 0.2) is 0 Å². The highest BCUT2D eigenvalue weighted by atomic mass is 16.6. The van der Waals surface area contributed by atoms with Gasteiger partial charge in [-0.15, -0.1) is 0 Å². The highest BCUT2D eigenvalue weighted by Gasteiger charge is 2.47. The highest BCUT2D eigenvalue weighted by Crippen LogP contribution is 2.39. The number of piperidine rings is 2. The number of hydroxylamine groups is 4. The fourth-order valence-electron chi connectivity index (χ4n) is 3.45. The van der Waals surface area contributed by atoms with Crippen LogP contribution in [-0.4, -0.2) is 66.8 Å². The number of unbranched alkanes of at least 4 members (excludes halogenated alkanes) is 5. The Labute approximate surface area is 256 Å². The molecule has 0 aromatic rings. The lowest BCUT2D eigenvalue weighted by Gasteiger charge is -2.50. The van der Waals surface area contributed by atoms with Crippen LogP contribution in [-0.2, 0) is 19.1 Å². The van der Waals surface area contributed by atoms with Gasteiger partial charge in [0.05, 0.1) is 2.74 Å². The van der Waals surface area contributed by atoms with Crippen molar-refractivity contribution < 1.29 is 66.5 Å². The van der Waals surface area contributed by atoms with E-state index in [9.17, 15) is 20.0 Å². The summed E-state index contributed by atoms with van der Waals surface area (Å²) in [5.41, 5.74) is -15.6. The monoisotopic (exact) mass is 540 g/mol. The molecule has 3 atom stereocenters. The summed E-state index contributed by atoms with van der Waals surface area (Å²) in [7, 11) is 0. The molecule has 0 aliphatic carbocycles. The molecule has 0 saturated carbocycles. The van der Waals surface area contributed by atoms with Gasteiger partial charge in [-0.3, -0.25) is 9.59 Å². The van der Waals surface area contributed by atoms with Crippen molar-refractivity contribution in [2.45, 2.75) is 166 Å². The summed E-state index contributed by atoms with van der Waals surface area (Å²) in [6.45, 7) is -22.6. The average Bonchev–Trinajstić information content (AvgIpc) is 3.03. The first-order chi connectivity index (χ1) is 27.5. The van der Waals surface area contributed by atoms with E-state index in [0.29, 0.717) is 13.8 Å². The molecule has 2 N–H and O–H groups in total. The lowest BCUT2D eigenvalue weighted by Crippen LogP contribution is -2.60. The molecule has 2 fully saturated rings. The van der Waals surface area contributed by atoms with Crippen LogP contribution in [0.1, 0.15) is 169 Å². The second kappa shape index (κ2) is 12.1. The maximum Gasteiger partial charge on any atom is 0.306 e. The average molecular weight is 540 g/mol. The fourth-order valence-corrected chi connectivity index (χ4v) is 3.45. The third-order valence-corrected chi connectivity index (χ3v) is 5.26. The van der Waals surface area contributed by atoms with Gasteiger partial charge >= 0.3 is 11.9 Å². The Morgan fingerprint density at radius 1 is 0.750 bits per heavy atom. The van der Waals surface area contributed by atoms with Crippen molar-refractivity contribution in [3.63, 3.8) is 0 Å². The molecule has 210 valence electrons. The van der Waals surface area contributed by atoms with Gasteiger partial charge in [-0.25, -0.2) is 0 Å². The van der Waals surface area contributed by atoms with Crippen LogP contribution in [0.2, 0.25) is 0 Å². The molecule has 0 aromatic carbocycles. The first-order valence-electron chi connectivity index (χ1n) is 24.9. The van der Waals surface area contributed by atoms with Crippen molar-refractivity contribution in [2.75, 3.05) is 0 Å². The zero-order valence-electron chi connectivity index (χ0n) is 47.2. The Morgan fingerprint density at radius 2 is 1.11 bits per heavy atom. The van der Waals surface area contributed by atoms with Crippen LogP contribution in [0.4, 0.5) is 0 Å². The largest absolute Gasteiger partial charge is 0.462 e. The van der Waals surface area contributed by atoms with Crippen molar-refractivity contribution >= 4 is 11.9 Å². The molecule has 3 unspecified atom stereocenters. The standard InChI is InChI=1S/C28H52N2O6/c1-25(2)17-21(18-26(3,4)29(25)33)35-23(31)15-13-11-9-10-12-14-16-24(32)36-22-19-27(5,6)30(34)28(7,8)20-22/h21-22,33-34H,9-20H2,1-8H3/i1D2,3D3,5D3,6D3,7D3,8D3,17D2,18D2,19D2,20D2,21D,22D. The minimum absolute atomic E-state index is 0.0688. The highest BCUT2D eigenvalue weighted by molar-refractivity contribution is 5.69. The molecule has 0 amide bonds. The van der Waals surface area contributed by atoms with E-state index in [-0.39, 0.29) is 43.6 Å². The number of hydrogen-bond donors (Lipinski definition) is 2. The third-order valence-electron chi connectivity index (χ3n) is 5.26. The second-order valence-corrected chi connectivity index (χ2v) is 8.99. The van der Waals surface area contributed by atoms with Gasteiger partial charge in [-0.05, 0) is 67.8 Å².